The number of nitro benzene ring substituents is 1. The maximum atomic E-state index is 12.7. The van der Waals surface area contributed by atoms with Gasteiger partial charge in [0, 0.05) is 80.3 Å². The average Bonchev–Trinajstić information content (AvgIpc) is 1.16. The molecule has 0 saturated carbocycles. The SMILES string of the molecule is C=C(OC)c1cc(OC)c(OC)cc1N.CCCc1c[nH]c2c(OC)cc([N+](=O)[O-])cc12.CCCc1ccc2[nH]cc(CCC)c2c1.Cc1ccc(C(=O)Nc2ccc(C(=O)O)cc2)c(C(=O)O)c1.Cc1ccc(C(=O)Nc2cccc(C(=O)O)c2)c(C(=O)O)c1.Cc1cccc(C(=O)Oc2ccccc2-c2ccccc2OC(=O)c2cccc(N)c2)c1. The Morgan fingerprint density at radius 3 is 1.44 bits per heavy atom. The number of carboxylic acid groups (broad SMARTS) is 4. The fourth-order valence-electron chi connectivity index (χ4n) is 12.6. The van der Waals surface area contributed by atoms with Crippen LogP contribution in [0.15, 0.2) is 243 Å². The Balaban J connectivity index is 0.000000187. The van der Waals surface area contributed by atoms with Crippen molar-refractivity contribution in [3.05, 3.63) is 337 Å². The molecule has 13 rings (SSSR count). The zero-order chi connectivity index (χ0) is 89.6. The molecule has 0 aliphatic rings. The molecule has 27 nitrogen and oxygen atoms in total. The number of non-ortho nitro benzene ring substituents is 1. The number of para-hydroxylation sites is 2. The Labute approximate surface area is 709 Å². The van der Waals surface area contributed by atoms with Gasteiger partial charge in [0.05, 0.1) is 89.5 Å². The van der Waals surface area contributed by atoms with Crippen LogP contribution in [-0.2, 0) is 24.0 Å². The number of rotatable bonds is 25. The summed E-state index contributed by atoms with van der Waals surface area (Å²) in [5.74, 6) is -3.83. The van der Waals surface area contributed by atoms with Crippen LogP contribution in [0.5, 0.6) is 28.7 Å². The number of esters is 2. The lowest BCUT2D eigenvalue weighted by Crippen LogP contribution is -2.17. The first-order valence-electron chi connectivity index (χ1n) is 38.6. The van der Waals surface area contributed by atoms with Crippen LogP contribution >= 0.6 is 0 Å². The summed E-state index contributed by atoms with van der Waals surface area (Å²) in [7, 11) is 6.17. The molecular formula is C96H95N7O20. The molecule has 2 aromatic heterocycles. The number of hydrogen-bond donors (Lipinski definition) is 10. The lowest BCUT2D eigenvalue weighted by atomic mass is 10.0. The van der Waals surface area contributed by atoms with E-state index in [0.29, 0.717) is 79.4 Å². The molecule has 27 heteroatoms. The molecule has 0 aliphatic heterocycles. The highest BCUT2D eigenvalue weighted by atomic mass is 16.6. The van der Waals surface area contributed by atoms with E-state index in [4.69, 9.17) is 60.3 Å². The number of nitrogens with zero attached hydrogens (tertiary/aromatic N) is 1. The van der Waals surface area contributed by atoms with Gasteiger partial charge in [-0.3, -0.25) is 19.7 Å². The van der Waals surface area contributed by atoms with E-state index in [1.165, 1.54) is 134 Å². The number of carboxylic acids is 4. The maximum absolute atomic E-state index is 12.7. The largest absolute Gasteiger partial charge is 0.497 e. The van der Waals surface area contributed by atoms with E-state index < -0.39 is 52.6 Å². The van der Waals surface area contributed by atoms with Gasteiger partial charge in [0.15, 0.2) is 11.5 Å². The highest BCUT2D eigenvalue weighted by Gasteiger charge is 2.23. The van der Waals surface area contributed by atoms with Crippen molar-refractivity contribution in [3.63, 3.8) is 0 Å². The van der Waals surface area contributed by atoms with Gasteiger partial charge in [0.25, 0.3) is 17.5 Å². The van der Waals surface area contributed by atoms with Crippen LogP contribution in [0.4, 0.5) is 28.4 Å². The first-order chi connectivity index (χ1) is 58.9. The zero-order valence-electron chi connectivity index (χ0n) is 69.4. The number of carbonyl (C=O) groups is 8. The lowest BCUT2D eigenvalue weighted by Gasteiger charge is -2.14. The highest BCUT2D eigenvalue weighted by Crippen LogP contribution is 2.39. The second-order valence-corrected chi connectivity index (χ2v) is 27.7. The third-order valence-corrected chi connectivity index (χ3v) is 18.7. The standard InChI is InChI=1S/C27H21NO4.2C16H13NO5.C14H19N.C12H14N2O3.C11H15NO3/c1-18-8-6-9-19(16-18)26(29)31-24-14-4-2-12-22(24)23-13-3-5-15-25(23)32-27(30)20-10-7-11-21(28)17-20;1-9-2-7-12(13(8-9)16(21)22)14(18)17-11-5-3-10(4-6-11)15(19)20;1-9-5-6-12(13(7-9)16(21)22)14(18)17-11-4-2-3-10(8-11)15(19)20;1-3-5-11-7-8-14-13(9-11)12(6-4-2)10-15-14;1-3-4-8-7-13-12-10(8)5-9(14(15)16)6-11(12)17-2;1-7(13-2)8-5-10(14-3)11(15-4)6-9(8)12/h2-17H,28H2,1H3;2*2-8H,1H3,(H,17,18)(H,19,20)(H,21,22);7-10,15H,3-6H2,1-2H3;5-7,13H,3-4H2,1-2H3;5-6H,1,12H2,2-4H3. The van der Waals surface area contributed by atoms with Crippen molar-refractivity contribution in [3.8, 4) is 39.9 Å². The number of nitrogen functional groups attached to an aromatic ring is 2. The van der Waals surface area contributed by atoms with E-state index in [1.807, 2.05) is 43.5 Å². The molecule has 0 aliphatic carbocycles. The quantitative estimate of drug-likeness (QED) is 0.00634. The third kappa shape index (κ3) is 25.6. The number of nitro groups is 1. The lowest BCUT2D eigenvalue weighted by molar-refractivity contribution is -0.384. The zero-order valence-corrected chi connectivity index (χ0v) is 69.4. The molecule has 11 aromatic carbocycles. The van der Waals surface area contributed by atoms with Gasteiger partial charge in [-0.25, -0.2) is 28.8 Å². The van der Waals surface area contributed by atoms with Crippen molar-refractivity contribution in [2.24, 2.45) is 0 Å². The molecule has 13 aromatic rings. The van der Waals surface area contributed by atoms with Crippen LogP contribution in [-0.4, -0.2) is 111 Å². The summed E-state index contributed by atoms with van der Waals surface area (Å²) in [4.78, 5) is 111. The molecule has 2 amide bonds. The second-order valence-electron chi connectivity index (χ2n) is 27.7. The fourth-order valence-corrected chi connectivity index (χ4v) is 12.6. The van der Waals surface area contributed by atoms with Crippen molar-refractivity contribution in [1.29, 1.82) is 0 Å². The van der Waals surface area contributed by atoms with Crippen molar-refractivity contribution in [2.75, 3.05) is 50.5 Å². The van der Waals surface area contributed by atoms with Gasteiger partial charge < -0.3 is 80.9 Å². The number of anilines is 4. The summed E-state index contributed by atoms with van der Waals surface area (Å²) in [6, 6.07) is 61.5. The van der Waals surface area contributed by atoms with Gasteiger partial charge >= 0.3 is 35.8 Å². The first kappa shape index (κ1) is 92.7. The van der Waals surface area contributed by atoms with Crippen LogP contribution in [0.3, 0.4) is 0 Å². The summed E-state index contributed by atoms with van der Waals surface area (Å²) >= 11 is 0. The highest BCUT2D eigenvalue weighted by molar-refractivity contribution is 6.12. The number of fused-ring (bicyclic) bond motifs is 2. The molecule has 0 spiro atoms. The number of nitrogens with one attached hydrogen (secondary N) is 4. The van der Waals surface area contributed by atoms with Gasteiger partial charge in [0.2, 0.25) is 0 Å². The van der Waals surface area contributed by atoms with Crippen LogP contribution in [0.1, 0.15) is 162 Å². The van der Waals surface area contributed by atoms with E-state index in [-0.39, 0.29) is 44.8 Å². The summed E-state index contributed by atoms with van der Waals surface area (Å²) in [6.07, 6.45) is 10.7. The van der Waals surface area contributed by atoms with E-state index in [0.717, 1.165) is 46.0 Å². The molecule has 2 heterocycles. The van der Waals surface area contributed by atoms with Crippen molar-refractivity contribution < 1.29 is 92.1 Å². The number of aryl methyl sites for hydroxylation is 6. The van der Waals surface area contributed by atoms with E-state index in [1.54, 1.807) is 132 Å². The minimum Gasteiger partial charge on any atom is -0.497 e. The number of aromatic carboxylic acids is 4. The first-order valence-corrected chi connectivity index (χ1v) is 38.6. The molecule has 0 bridgehead atoms. The number of nitrogens with two attached hydrogens (primary N) is 2. The number of H-pyrrole nitrogens is 2. The molecule has 0 radical (unpaired) electrons. The number of carbonyl (C=O) groups excluding carboxylic acids is 4. The van der Waals surface area contributed by atoms with Gasteiger partial charge in [0.1, 0.15) is 23.0 Å². The Kier molecular flexibility index (Phi) is 33.7. The maximum Gasteiger partial charge on any atom is 0.343 e. The van der Waals surface area contributed by atoms with E-state index in [9.17, 15) is 48.5 Å². The topological polar surface area (TPSA) is 424 Å². The number of aromatic nitrogens is 2. The molecule has 0 fully saturated rings. The Morgan fingerprint density at radius 2 is 0.927 bits per heavy atom. The number of hydrogen-bond acceptors (Lipinski definition) is 18. The molecule has 634 valence electrons. The Hall–Kier alpha value is -15.8. The molecule has 12 N–H and O–H groups in total. The molecule has 0 atom stereocenters. The van der Waals surface area contributed by atoms with Crippen LogP contribution in [0.25, 0.3) is 38.7 Å². The molecule has 123 heavy (non-hydrogen) atoms. The normalized spacial score (nSPS) is 10.3. The van der Waals surface area contributed by atoms with Crippen molar-refractivity contribution in [2.45, 2.75) is 80.1 Å². The number of amides is 2. The third-order valence-electron chi connectivity index (χ3n) is 18.7. The Bertz CT molecular complexity index is 5910. The summed E-state index contributed by atoms with van der Waals surface area (Å²) in [5, 5.41) is 54.2. The van der Waals surface area contributed by atoms with Gasteiger partial charge in [-0.15, -0.1) is 0 Å². The molecular weight excluding hydrogens is 1570 g/mol. The Morgan fingerprint density at radius 1 is 0.431 bits per heavy atom. The minimum atomic E-state index is -1.20. The predicted octanol–water partition coefficient (Wildman–Crippen LogP) is 20.0. The van der Waals surface area contributed by atoms with Crippen molar-refractivity contribution in [1.82, 2.24) is 9.97 Å². The van der Waals surface area contributed by atoms with Gasteiger partial charge in [-0.2, -0.15) is 0 Å². The van der Waals surface area contributed by atoms with Gasteiger partial charge in [-0.05, 0) is 184 Å². The monoisotopic (exact) mass is 1670 g/mol. The molecule has 0 unspecified atom stereocenters. The van der Waals surface area contributed by atoms with Crippen LogP contribution in [0, 0.1) is 30.9 Å². The summed E-state index contributed by atoms with van der Waals surface area (Å²) < 4.78 is 31.8. The van der Waals surface area contributed by atoms with E-state index in [2.05, 4.69) is 72.3 Å². The van der Waals surface area contributed by atoms with Crippen molar-refractivity contribution >= 4 is 104 Å². The van der Waals surface area contributed by atoms with Crippen LogP contribution < -0.4 is 45.8 Å². The summed E-state index contributed by atoms with van der Waals surface area (Å²) in [5.41, 5.74) is 24.6. The van der Waals surface area contributed by atoms with E-state index >= 15 is 0 Å². The summed E-state index contributed by atoms with van der Waals surface area (Å²) in [6.45, 7) is 15.6. The second kappa shape index (κ2) is 44.7. The fraction of sp³-hybridized carbons (Fsp3) is 0.167. The van der Waals surface area contributed by atoms with Crippen LogP contribution in [0.2, 0.25) is 0 Å². The average molecular weight is 1670 g/mol. The number of methoxy groups -OCH3 is 4. The molecule has 0 saturated heterocycles. The number of benzene rings is 11. The minimum absolute atomic E-state index is 0.0128. The number of ether oxygens (including phenoxy) is 6. The smallest absolute Gasteiger partial charge is 0.343 e. The predicted molar refractivity (Wildman–Crippen MR) is 475 cm³/mol. The number of aromatic amines is 2. The van der Waals surface area contributed by atoms with Gasteiger partial charge in [-0.1, -0.05) is 142 Å².